The minimum absolute atomic E-state index is 0.105. The molecule has 18 heavy (non-hydrogen) atoms. The molecule has 0 aliphatic carbocycles. The summed E-state index contributed by atoms with van der Waals surface area (Å²) in [6.07, 6.45) is 4.29. The van der Waals surface area contributed by atoms with Crippen molar-refractivity contribution in [2.75, 3.05) is 19.7 Å². The van der Waals surface area contributed by atoms with Gasteiger partial charge in [0.05, 0.1) is 19.1 Å². The number of nitrogens with one attached hydrogen (secondary N) is 1. The number of hydrogen-bond donors (Lipinski definition) is 1. The summed E-state index contributed by atoms with van der Waals surface area (Å²) >= 11 is 0. The first-order valence-corrected chi connectivity index (χ1v) is 5.95. The van der Waals surface area contributed by atoms with Crippen LogP contribution in [0.2, 0.25) is 0 Å². The Labute approximate surface area is 104 Å². The van der Waals surface area contributed by atoms with E-state index < -0.39 is 0 Å². The molecule has 0 spiro atoms. The van der Waals surface area contributed by atoms with Crippen LogP contribution in [0.5, 0.6) is 0 Å². The molecule has 2 aromatic heterocycles. The SMILES string of the molecule is Cn1ccnc1-c1noc(CC2CNCCO2)n1. The van der Waals surface area contributed by atoms with Crippen molar-refractivity contribution in [3.05, 3.63) is 18.3 Å². The Hall–Kier alpha value is -1.73. The average Bonchev–Trinajstić information content (AvgIpc) is 2.99. The Balaban J connectivity index is 1.71. The maximum absolute atomic E-state index is 5.59. The Morgan fingerprint density at radius 3 is 3.22 bits per heavy atom. The molecule has 7 nitrogen and oxygen atoms in total. The first-order chi connectivity index (χ1) is 8.83. The number of morpholine rings is 1. The lowest BCUT2D eigenvalue weighted by Gasteiger charge is -2.21. The van der Waals surface area contributed by atoms with Crippen molar-refractivity contribution >= 4 is 0 Å². The van der Waals surface area contributed by atoms with E-state index in [-0.39, 0.29) is 6.10 Å². The normalized spacial score (nSPS) is 20.2. The Morgan fingerprint density at radius 2 is 2.50 bits per heavy atom. The predicted octanol–water partition coefficient (Wildman–Crippen LogP) is 0.001000. The fourth-order valence-electron chi connectivity index (χ4n) is 1.96. The second-order valence-electron chi connectivity index (χ2n) is 4.27. The van der Waals surface area contributed by atoms with E-state index in [0.717, 1.165) is 19.7 Å². The third-order valence-corrected chi connectivity index (χ3v) is 2.90. The van der Waals surface area contributed by atoms with Crippen molar-refractivity contribution in [3.8, 4) is 11.6 Å². The molecule has 0 radical (unpaired) electrons. The average molecular weight is 249 g/mol. The van der Waals surface area contributed by atoms with E-state index in [2.05, 4.69) is 20.4 Å². The molecule has 1 saturated heterocycles. The Morgan fingerprint density at radius 1 is 1.56 bits per heavy atom. The van der Waals surface area contributed by atoms with Gasteiger partial charge in [-0.1, -0.05) is 5.16 Å². The van der Waals surface area contributed by atoms with Gasteiger partial charge in [-0.05, 0) is 0 Å². The molecule has 1 atom stereocenters. The highest BCUT2D eigenvalue weighted by Crippen LogP contribution is 2.14. The van der Waals surface area contributed by atoms with Gasteiger partial charge in [0.15, 0.2) is 5.82 Å². The van der Waals surface area contributed by atoms with Crippen molar-refractivity contribution in [3.63, 3.8) is 0 Å². The fourth-order valence-corrected chi connectivity index (χ4v) is 1.96. The van der Waals surface area contributed by atoms with Crippen LogP contribution in [0.4, 0.5) is 0 Å². The summed E-state index contributed by atoms with van der Waals surface area (Å²) in [5, 5.41) is 7.21. The quantitative estimate of drug-likeness (QED) is 0.825. The summed E-state index contributed by atoms with van der Waals surface area (Å²) in [6.45, 7) is 2.45. The van der Waals surface area contributed by atoms with Gasteiger partial charge in [0.2, 0.25) is 11.7 Å². The number of nitrogens with zero attached hydrogens (tertiary/aromatic N) is 4. The molecule has 0 amide bonds. The maximum Gasteiger partial charge on any atom is 0.238 e. The third-order valence-electron chi connectivity index (χ3n) is 2.90. The van der Waals surface area contributed by atoms with Crippen LogP contribution < -0.4 is 5.32 Å². The highest BCUT2D eigenvalue weighted by Gasteiger charge is 2.19. The van der Waals surface area contributed by atoms with Crippen molar-refractivity contribution in [1.29, 1.82) is 0 Å². The molecular formula is C11H15N5O2. The van der Waals surface area contributed by atoms with Crippen LogP contribution in [0.15, 0.2) is 16.9 Å². The largest absolute Gasteiger partial charge is 0.375 e. The molecule has 1 N–H and O–H groups in total. The standard InChI is InChI=1S/C11H15N5O2/c1-16-4-2-13-11(16)10-14-9(18-15-10)6-8-7-12-3-5-17-8/h2,4,8,12H,3,5-7H2,1H3. The van der Waals surface area contributed by atoms with E-state index in [1.165, 1.54) is 0 Å². The first kappa shape index (κ1) is 11.4. The van der Waals surface area contributed by atoms with E-state index in [9.17, 15) is 0 Å². The van der Waals surface area contributed by atoms with Crippen LogP contribution in [0.1, 0.15) is 5.89 Å². The van der Waals surface area contributed by atoms with Crippen LogP contribution in [0, 0.1) is 0 Å². The van der Waals surface area contributed by atoms with E-state index >= 15 is 0 Å². The van der Waals surface area contributed by atoms with Crippen LogP contribution in [0.25, 0.3) is 11.6 Å². The zero-order valence-corrected chi connectivity index (χ0v) is 10.2. The van der Waals surface area contributed by atoms with Crippen LogP contribution >= 0.6 is 0 Å². The van der Waals surface area contributed by atoms with Gasteiger partial charge in [-0.25, -0.2) is 4.98 Å². The molecule has 1 aliphatic heterocycles. The van der Waals surface area contributed by atoms with Crippen molar-refractivity contribution < 1.29 is 9.26 Å². The summed E-state index contributed by atoms with van der Waals surface area (Å²) in [5.74, 6) is 1.80. The molecule has 7 heteroatoms. The first-order valence-electron chi connectivity index (χ1n) is 5.95. The van der Waals surface area contributed by atoms with Gasteiger partial charge < -0.3 is 19.1 Å². The number of ether oxygens (including phenoxy) is 1. The van der Waals surface area contributed by atoms with E-state index in [4.69, 9.17) is 9.26 Å². The molecule has 0 saturated carbocycles. The highest BCUT2D eigenvalue weighted by atomic mass is 16.5. The van der Waals surface area contributed by atoms with Gasteiger partial charge in [0.1, 0.15) is 0 Å². The smallest absolute Gasteiger partial charge is 0.238 e. The van der Waals surface area contributed by atoms with Crippen molar-refractivity contribution in [2.24, 2.45) is 7.05 Å². The summed E-state index contributed by atoms with van der Waals surface area (Å²) < 4.78 is 12.7. The summed E-state index contributed by atoms with van der Waals surface area (Å²) in [6, 6.07) is 0. The van der Waals surface area contributed by atoms with Gasteiger partial charge >= 0.3 is 0 Å². The molecule has 3 rings (SSSR count). The highest BCUT2D eigenvalue weighted by molar-refractivity contribution is 5.42. The molecule has 1 unspecified atom stereocenters. The zero-order valence-electron chi connectivity index (χ0n) is 10.2. The molecule has 0 bridgehead atoms. The molecule has 1 aliphatic rings. The monoisotopic (exact) mass is 249 g/mol. The Bertz CT molecular complexity index is 515. The molecule has 1 fully saturated rings. The number of aromatic nitrogens is 4. The van der Waals surface area contributed by atoms with Crippen molar-refractivity contribution in [2.45, 2.75) is 12.5 Å². The fraction of sp³-hybridized carbons (Fsp3) is 0.545. The van der Waals surface area contributed by atoms with Gasteiger partial charge in [0.25, 0.3) is 0 Å². The van der Waals surface area contributed by atoms with E-state index in [0.29, 0.717) is 24.0 Å². The summed E-state index contributed by atoms with van der Waals surface area (Å²) in [5.41, 5.74) is 0. The van der Waals surface area contributed by atoms with Crippen LogP contribution in [-0.2, 0) is 18.2 Å². The third kappa shape index (κ3) is 2.27. The van der Waals surface area contributed by atoms with Gasteiger partial charge in [0, 0.05) is 32.5 Å². The summed E-state index contributed by atoms with van der Waals surface area (Å²) in [7, 11) is 1.90. The zero-order chi connectivity index (χ0) is 12.4. The van der Waals surface area contributed by atoms with Crippen molar-refractivity contribution in [1.82, 2.24) is 25.0 Å². The lowest BCUT2D eigenvalue weighted by Crippen LogP contribution is -2.39. The maximum atomic E-state index is 5.59. The minimum Gasteiger partial charge on any atom is -0.375 e. The lowest BCUT2D eigenvalue weighted by atomic mass is 10.2. The van der Waals surface area contributed by atoms with Crippen LogP contribution in [0.3, 0.4) is 0 Å². The second-order valence-corrected chi connectivity index (χ2v) is 4.27. The number of rotatable bonds is 3. The molecule has 96 valence electrons. The second kappa shape index (κ2) is 4.87. The topological polar surface area (TPSA) is 78.0 Å². The minimum atomic E-state index is 0.105. The molecule has 2 aromatic rings. The lowest BCUT2D eigenvalue weighted by molar-refractivity contribution is 0.0246. The molecular weight excluding hydrogens is 234 g/mol. The number of hydrogen-bond acceptors (Lipinski definition) is 6. The summed E-state index contributed by atoms with van der Waals surface area (Å²) in [4.78, 5) is 8.52. The van der Waals surface area contributed by atoms with Gasteiger partial charge in [-0.15, -0.1) is 0 Å². The number of aryl methyl sites for hydroxylation is 1. The van der Waals surface area contributed by atoms with Crippen LogP contribution in [-0.4, -0.2) is 45.5 Å². The van der Waals surface area contributed by atoms with Gasteiger partial charge in [-0.3, -0.25) is 0 Å². The number of imidazole rings is 1. The Kier molecular flexibility index (Phi) is 3.07. The van der Waals surface area contributed by atoms with E-state index in [1.807, 2.05) is 17.8 Å². The molecule has 0 aromatic carbocycles. The predicted molar refractivity (Wildman–Crippen MR) is 62.8 cm³/mol. The van der Waals surface area contributed by atoms with Gasteiger partial charge in [-0.2, -0.15) is 4.98 Å². The van der Waals surface area contributed by atoms with E-state index in [1.54, 1.807) is 6.20 Å². The molecule has 3 heterocycles.